The first-order valence-corrected chi connectivity index (χ1v) is 6.09. The lowest BCUT2D eigenvalue weighted by atomic mass is 10.4. The van der Waals surface area contributed by atoms with Gasteiger partial charge in [-0.15, -0.1) is 0 Å². The summed E-state index contributed by atoms with van der Waals surface area (Å²) in [6.07, 6.45) is 0. The molecular formula is C9H24N2OSi. The quantitative estimate of drug-likeness (QED) is 0.472. The van der Waals surface area contributed by atoms with Crippen LogP contribution in [0.25, 0.3) is 0 Å². The number of rotatable bonds is 6. The van der Waals surface area contributed by atoms with Crippen molar-refractivity contribution in [2.75, 3.05) is 6.61 Å². The minimum absolute atomic E-state index is 0.267. The fourth-order valence-electron chi connectivity index (χ4n) is 1.52. The average Bonchev–Trinajstić information content (AvgIpc) is 1.81. The molecule has 2 N–H and O–H groups in total. The van der Waals surface area contributed by atoms with Crippen molar-refractivity contribution in [2.45, 2.75) is 52.2 Å². The van der Waals surface area contributed by atoms with Gasteiger partial charge < -0.3 is 4.74 Å². The van der Waals surface area contributed by atoms with Gasteiger partial charge >= 0.3 is 0 Å². The van der Waals surface area contributed by atoms with E-state index < -0.39 is 0 Å². The topological polar surface area (TPSA) is 33.3 Å². The van der Waals surface area contributed by atoms with E-state index >= 15 is 0 Å². The third-order valence-corrected chi connectivity index (χ3v) is 2.43. The van der Waals surface area contributed by atoms with Crippen LogP contribution in [0.1, 0.15) is 34.6 Å². The molecule has 0 rings (SSSR count). The average molecular weight is 204 g/mol. The van der Waals surface area contributed by atoms with E-state index in [9.17, 15) is 0 Å². The van der Waals surface area contributed by atoms with E-state index in [1.807, 2.05) is 6.92 Å². The van der Waals surface area contributed by atoms with Crippen molar-refractivity contribution in [3.63, 3.8) is 0 Å². The summed E-state index contributed by atoms with van der Waals surface area (Å²) in [4.78, 5) is 0. The maximum Gasteiger partial charge on any atom is 0.146 e. The maximum absolute atomic E-state index is 5.69. The van der Waals surface area contributed by atoms with Crippen molar-refractivity contribution in [3.8, 4) is 0 Å². The minimum atomic E-state index is -0.267. The first-order chi connectivity index (χ1) is 5.89. The summed E-state index contributed by atoms with van der Waals surface area (Å²) >= 11 is 0. The van der Waals surface area contributed by atoms with E-state index in [0.29, 0.717) is 12.1 Å². The fraction of sp³-hybridized carbons (Fsp3) is 1.00. The summed E-state index contributed by atoms with van der Waals surface area (Å²) in [7, 11) is 0.929. The standard InChI is InChI=1S/C9H24N2OSi/c1-6-12-9(13,10-7(2)3)11-8(4)5/h7-8,10-11H,6H2,1-5,13H3. The third-order valence-electron chi connectivity index (χ3n) is 1.56. The first kappa shape index (κ1) is 13.1. The Morgan fingerprint density at radius 1 is 1.15 bits per heavy atom. The molecule has 0 atom stereocenters. The molecule has 0 aliphatic heterocycles. The molecule has 13 heavy (non-hydrogen) atoms. The predicted molar refractivity (Wildman–Crippen MR) is 60.8 cm³/mol. The molecule has 0 saturated carbocycles. The normalized spacial score (nSPS) is 13.2. The van der Waals surface area contributed by atoms with E-state index in [4.69, 9.17) is 4.74 Å². The largest absolute Gasteiger partial charge is 0.353 e. The first-order valence-electron chi connectivity index (χ1n) is 5.09. The van der Waals surface area contributed by atoms with Crippen LogP contribution in [0.5, 0.6) is 0 Å². The summed E-state index contributed by atoms with van der Waals surface area (Å²) in [5, 5.41) is 6.83. The molecule has 0 aromatic carbocycles. The molecule has 0 aromatic rings. The van der Waals surface area contributed by atoms with Crippen molar-refractivity contribution in [3.05, 3.63) is 0 Å². The molecule has 80 valence electrons. The van der Waals surface area contributed by atoms with Gasteiger partial charge in [0.25, 0.3) is 0 Å². The molecule has 4 heteroatoms. The van der Waals surface area contributed by atoms with Crippen molar-refractivity contribution in [1.82, 2.24) is 10.6 Å². The molecule has 3 nitrogen and oxygen atoms in total. The van der Waals surface area contributed by atoms with Gasteiger partial charge in [0.2, 0.25) is 0 Å². The lowest BCUT2D eigenvalue weighted by Gasteiger charge is -2.35. The molecule has 0 aromatic heterocycles. The number of nitrogens with one attached hydrogen (secondary N) is 2. The summed E-state index contributed by atoms with van der Waals surface area (Å²) in [5.41, 5.74) is -0.267. The van der Waals surface area contributed by atoms with E-state index in [1.54, 1.807) is 0 Å². The number of ether oxygens (including phenoxy) is 1. The van der Waals surface area contributed by atoms with Crippen LogP contribution in [0, 0.1) is 0 Å². The van der Waals surface area contributed by atoms with Crippen LogP contribution >= 0.6 is 0 Å². The molecule has 0 aliphatic carbocycles. The van der Waals surface area contributed by atoms with Gasteiger partial charge in [-0.2, -0.15) is 0 Å². The minimum Gasteiger partial charge on any atom is -0.353 e. The highest BCUT2D eigenvalue weighted by atomic mass is 28.1. The highest BCUT2D eigenvalue weighted by Gasteiger charge is 2.24. The monoisotopic (exact) mass is 204 g/mol. The number of hydrogen-bond donors (Lipinski definition) is 2. The predicted octanol–water partition coefficient (Wildman–Crippen LogP) is -0.00440. The van der Waals surface area contributed by atoms with Crippen LogP contribution in [0.3, 0.4) is 0 Å². The Hall–Kier alpha value is 0.0969. The zero-order valence-electron chi connectivity index (χ0n) is 9.77. The van der Waals surface area contributed by atoms with Gasteiger partial charge in [0.05, 0.1) is 10.2 Å². The van der Waals surface area contributed by atoms with Crippen LogP contribution in [0.4, 0.5) is 0 Å². The van der Waals surface area contributed by atoms with Crippen LogP contribution in [-0.4, -0.2) is 34.4 Å². The van der Waals surface area contributed by atoms with Crippen LogP contribution in [-0.2, 0) is 4.74 Å². The molecule has 0 radical (unpaired) electrons. The Morgan fingerprint density at radius 3 is 1.77 bits per heavy atom. The van der Waals surface area contributed by atoms with Gasteiger partial charge in [0, 0.05) is 18.7 Å². The molecule has 0 spiro atoms. The van der Waals surface area contributed by atoms with Crippen LogP contribution in [0.2, 0.25) is 0 Å². The van der Waals surface area contributed by atoms with Crippen molar-refractivity contribution in [2.24, 2.45) is 0 Å². The molecule has 0 bridgehead atoms. The second kappa shape index (κ2) is 5.75. The van der Waals surface area contributed by atoms with Gasteiger partial charge in [-0.3, -0.25) is 10.6 Å². The third kappa shape index (κ3) is 6.21. The fourth-order valence-corrected chi connectivity index (χ4v) is 2.96. The van der Waals surface area contributed by atoms with E-state index in [0.717, 1.165) is 16.8 Å². The summed E-state index contributed by atoms with van der Waals surface area (Å²) < 4.78 is 5.69. The molecule has 0 heterocycles. The highest BCUT2D eigenvalue weighted by molar-refractivity contribution is 6.13. The lowest BCUT2D eigenvalue weighted by Crippen LogP contribution is -2.63. The Kier molecular flexibility index (Phi) is 5.79. The van der Waals surface area contributed by atoms with Crippen molar-refractivity contribution >= 4 is 10.2 Å². The molecule has 0 amide bonds. The maximum atomic E-state index is 5.69. The van der Waals surface area contributed by atoms with Gasteiger partial charge in [-0.25, -0.2) is 0 Å². The van der Waals surface area contributed by atoms with Crippen molar-refractivity contribution < 1.29 is 4.74 Å². The van der Waals surface area contributed by atoms with Gasteiger partial charge in [-0.05, 0) is 34.6 Å². The molecule has 0 fully saturated rings. The smallest absolute Gasteiger partial charge is 0.146 e. The highest BCUT2D eigenvalue weighted by Crippen LogP contribution is 2.01. The molecule has 0 saturated heterocycles. The second-order valence-corrected chi connectivity index (χ2v) is 5.47. The zero-order valence-corrected chi connectivity index (χ0v) is 11.8. The van der Waals surface area contributed by atoms with E-state index in [1.165, 1.54) is 0 Å². The summed E-state index contributed by atoms with van der Waals surface area (Å²) in [6, 6.07) is 0.880. The zero-order chi connectivity index (χ0) is 10.5. The van der Waals surface area contributed by atoms with Gasteiger partial charge in [-0.1, -0.05) is 0 Å². The van der Waals surface area contributed by atoms with Gasteiger partial charge in [0.1, 0.15) is 5.47 Å². The second-order valence-electron chi connectivity index (χ2n) is 4.06. The van der Waals surface area contributed by atoms with Crippen LogP contribution < -0.4 is 10.6 Å². The molecular weight excluding hydrogens is 180 g/mol. The SMILES string of the molecule is CCOC([SiH3])(NC(C)C)NC(C)C. The van der Waals surface area contributed by atoms with E-state index in [2.05, 4.69) is 38.3 Å². The number of hydrogen-bond acceptors (Lipinski definition) is 3. The van der Waals surface area contributed by atoms with Crippen molar-refractivity contribution in [1.29, 1.82) is 0 Å². The summed E-state index contributed by atoms with van der Waals surface area (Å²) in [6.45, 7) is 11.3. The Balaban J connectivity index is 4.15. The Morgan fingerprint density at radius 2 is 1.54 bits per heavy atom. The molecule has 0 unspecified atom stereocenters. The summed E-state index contributed by atoms with van der Waals surface area (Å²) in [5.74, 6) is 0. The van der Waals surface area contributed by atoms with E-state index in [-0.39, 0.29) is 5.47 Å². The van der Waals surface area contributed by atoms with Gasteiger partial charge in [0.15, 0.2) is 0 Å². The van der Waals surface area contributed by atoms with Crippen LogP contribution in [0.15, 0.2) is 0 Å². The molecule has 0 aliphatic rings. The Bertz CT molecular complexity index is 130. The lowest BCUT2D eigenvalue weighted by molar-refractivity contribution is -0.0349. The Labute approximate surface area is 85.0 Å².